The quantitative estimate of drug-likeness (QED) is 0.0355. The summed E-state index contributed by atoms with van der Waals surface area (Å²) >= 11 is 1.66. The Balaban J connectivity index is 1.42. The SMILES string of the molecule is CCCCC(CC)CNSc1ccc2c(C(c3c#cc(N(CC)c4ccccc4)cc3)c3ccc(N(CC)c4ccccc4)cc3)ccc(NCCCS(=O)(=O)O)c2c1. The van der Waals surface area contributed by atoms with Crippen molar-refractivity contribution >= 4 is 61.3 Å². The van der Waals surface area contributed by atoms with Crippen molar-refractivity contribution in [2.24, 2.45) is 5.92 Å². The van der Waals surface area contributed by atoms with E-state index in [1.165, 1.54) is 19.3 Å². The van der Waals surface area contributed by atoms with Crippen molar-refractivity contribution in [1.29, 1.82) is 0 Å². The van der Waals surface area contributed by atoms with E-state index in [2.05, 4.69) is 175 Å². The summed E-state index contributed by atoms with van der Waals surface area (Å²) in [4.78, 5) is 5.66. The first-order valence-electron chi connectivity index (χ1n) is 21.1. The molecular formula is C50H58N4O3S2. The van der Waals surface area contributed by atoms with Crippen molar-refractivity contribution in [1.82, 2.24) is 4.72 Å². The molecule has 0 aliphatic rings. The summed E-state index contributed by atoms with van der Waals surface area (Å²) in [6.07, 6.45) is 5.11. The van der Waals surface area contributed by atoms with E-state index in [9.17, 15) is 13.0 Å². The highest BCUT2D eigenvalue weighted by molar-refractivity contribution is 7.97. The summed E-state index contributed by atoms with van der Waals surface area (Å²) in [6, 6.07) is 52.1. The average Bonchev–Trinajstić information content (AvgIpc) is 3.26. The maximum absolute atomic E-state index is 11.5. The molecule has 0 fully saturated rings. The molecule has 2 unspecified atom stereocenters. The van der Waals surface area contributed by atoms with Crippen LogP contribution in [0.5, 0.6) is 0 Å². The molecule has 0 heterocycles. The molecule has 0 radical (unpaired) electrons. The highest BCUT2D eigenvalue weighted by atomic mass is 32.2. The number of hydrogen-bond acceptors (Lipinski definition) is 7. The highest BCUT2D eigenvalue weighted by Gasteiger charge is 2.22. The molecular weight excluding hydrogens is 769 g/mol. The van der Waals surface area contributed by atoms with E-state index in [4.69, 9.17) is 0 Å². The Morgan fingerprint density at radius 2 is 1.39 bits per heavy atom. The summed E-state index contributed by atoms with van der Waals surface area (Å²) in [5.74, 6) is 0.178. The number of hydrogen-bond donors (Lipinski definition) is 3. The predicted molar refractivity (Wildman–Crippen MR) is 250 cm³/mol. The van der Waals surface area contributed by atoms with E-state index >= 15 is 0 Å². The van der Waals surface area contributed by atoms with Gasteiger partial charge in [0.2, 0.25) is 0 Å². The van der Waals surface area contributed by atoms with Gasteiger partial charge in [-0.3, -0.25) is 9.27 Å². The smallest absolute Gasteiger partial charge is 0.264 e. The first-order chi connectivity index (χ1) is 28.7. The highest BCUT2D eigenvalue weighted by Crippen LogP contribution is 2.40. The molecule has 0 bridgehead atoms. The van der Waals surface area contributed by atoms with Gasteiger partial charge < -0.3 is 15.1 Å². The second-order valence-corrected chi connectivity index (χ2v) is 17.5. The van der Waals surface area contributed by atoms with Crippen LogP contribution in [0, 0.1) is 18.1 Å². The molecule has 0 aliphatic heterocycles. The molecule has 59 heavy (non-hydrogen) atoms. The maximum atomic E-state index is 11.5. The monoisotopic (exact) mass is 826 g/mol. The summed E-state index contributed by atoms with van der Waals surface area (Å²) in [6.45, 7) is 11.8. The van der Waals surface area contributed by atoms with Crippen LogP contribution in [0.15, 0.2) is 132 Å². The van der Waals surface area contributed by atoms with E-state index < -0.39 is 10.1 Å². The lowest BCUT2D eigenvalue weighted by atomic mass is 9.83. The number of fused-ring (bicyclic) bond motifs is 1. The van der Waals surface area contributed by atoms with Gasteiger partial charge >= 0.3 is 0 Å². The largest absolute Gasteiger partial charge is 0.385 e. The lowest BCUT2D eigenvalue weighted by Crippen LogP contribution is -2.16. The van der Waals surface area contributed by atoms with E-state index in [1.54, 1.807) is 11.9 Å². The lowest BCUT2D eigenvalue weighted by Gasteiger charge is -2.26. The predicted octanol–water partition coefficient (Wildman–Crippen LogP) is 12.4. The van der Waals surface area contributed by atoms with Gasteiger partial charge in [0, 0.05) is 70.7 Å². The summed E-state index contributed by atoms with van der Waals surface area (Å²) in [5, 5.41) is 5.63. The zero-order valence-electron chi connectivity index (χ0n) is 34.8. The number of nitrogens with zero attached hydrogens (tertiary/aromatic N) is 2. The topological polar surface area (TPSA) is 84.9 Å². The molecule has 6 aromatic carbocycles. The number of nitrogens with one attached hydrogen (secondary N) is 2. The Hall–Kier alpha value is -4.98. The minimum absolute atomic E-state index is 0.162. The van der Waals surface area contributed by atoms with Gasteiger partial charge in [-0.25, -0.2) is 0 Å². The third-order valence-corrected chi connectivity index (χ3v) is 12.6. The Bertz CT molecular complexity index is 2210. The van der Waals surface area contributed by atoms with Crippen LogP contribution in [0.3, 0.4) is 0 Å². The fourth-order valence-electron chi connectivity index (χ4n) is 7.79. The van der Waals surface area contributed by atoms with E-state index in [0.717, 1.165) is 86.9 Å². The normalized spacial score (nSPS) is 12.0. The molecule has 7 nitrogen and oxygen atoms in total. The van der Waals surface area contributed by atoms with Crippen LogP contribution < -0.4 is 19.8 Å². The molecule has 6 rings (SSSR count). The number of anilines is 5. The Morgan fingerprint density at radius 3 is 2.00 bits per heavy atom. The molecule has 0 aliphatic carbocycles. The van der Waals surface area contributed by atoms with Crippen molar-refractivity contribution in [3.05, 3.63) is 156 Å². The van der Waals surface area contributed by atoms with Gasteiger partial charge in [-0.05, 0) is 134 Å². The van der Waals surface area contributed by atoms with Gasteiger partial charge in [-0.2, -0.15) is 8.42 Å². The first-order valence-corrected chi connectivity index (χ1v) is 23.5. The molecule has 308 valence electrons. The molecule has 6 aromatic rings. The van der Waals surface area contributed by atoms with Crippen molar-refractivity contribution in [3.63, 3.8) is 0 Å². The standard InChI is InChI=1S/C50H58N4O3S2/c1-5-9-17-38(6-2)37-52-58-45-30-31-46-47(32-33-49(48(46)36-45)51-34-16-35-59(55,56)57)50(39-22-26-43(27-23-39)53(7-3)41-18-12-10-13-19-41)40-24-28-44(29-25-40)54(8-4)42-20-14-11-15-21-42/h10-15,18-24,26-28,30-33,36,38,50-52H,5-9,16-17,34-35,37H2,1-4H3,(H,55,56,57). The van der Waals surface area contributed by atoms with Crippen molar-refractivity contribution in [3.8, 4) is 0 Å². The average molecular weight is 827 g/mol. The number of benzene rings is 5. The minimum Gasteiger partial charge on any atom is -0.385 e. The van der Waals surface area contributed by atoms with Crippen LogP contribution in [0.25, 0.3) is 10.8 Å². The van der Waals surface area contributed by atoms with Gasteiger partial charge in [-0.1, -0.05) is 99.8 Å². The summed E-state index contributed by atoms with van der Waals surface area (Å²) < 4.78 is 36.1. The molecule has 0 aromatic heterocycles. The van der Waals surface area contributed by atoms with Crippen molar-refractivity contribution in [2.75, 3.05) is 47.0 Å². The van der Waals surface area contributed by atoms with Gasteiger partial charge in [-0.15, -0.1) is 0 Å². The second kappa shape index (κ2) is 21.3. The minimum atomic E-state index is -4.05. The Morgan fingerprint density at radius 1 is 0.712 bits per heavy atom. The maximum Gasteiger partial charge on any atom is 0.264 e. The molecule has 0 saturated carbocycles. The van der Waals surface area contributed by atoms with E-state index in [0.29, 0.717) is 12.5 Å². The summed E-state index contributed by atoms with van der Waals surface area (Å²) in [5.41, 5.74) is 8.54. The molecule has 0 amide bonds. The zero-order chi connectivity index (χ0) is 41.6. The van der Waals surface area contributed by atoms with E-state index in [-0.39, 0.29) is 18.1 Å². The Kier molecular flexibility index (Phi) is 15.8. The second-order valence-electron chi connectivity index (χ2n) is 15.0. The molecule has 2 atom stereocenters. The number of para-hydroxylation sites is 2. The summed E-state index contributed by atoms with van der Waals surface area (Å²) in [7, 11) is -4.05. The van der Waals surface area contributed by atoms with Gasteiger partial charge in [0.05, 0.1) is 11.4 Å². The van der Waals surface area contributed by atoms with Crippen LogP contribution >= 0.6 is 11.9 Å². The lowest BCUT2D eigenvalue weighted by molar-refractivity contribution is 0.451. The van der Waals surface area contributed by atoms with Crippen molar-refractivity contribution in [2.45, 2.75) is 70.6 Å². The molecule has 3 N–H and O–H groups in total. The van der Waals surface area contributed by atoms with Gasteiger partial charge in [0.1, 0.15) is 0 Å². The van der Waals surface area contributed by atoms with Gasteiger partial charge in [0.25, 0.3) is 10.1 Å². The molecule has 0 saturated heterocycles. The third kappa shape index (κ3) is 11.6. The fraction of sp³-hybridized carbons (Fsp3) is 0.320. The first kappa shape index (κ1) is 43.6. The van der Waals surface area contributed by atoms with Crippen LogP contribution in [0.2, 0.25) is 0 Å². The Labute approximate surface area is 357 Å². The van der Waals surface area contributed by atoms with Crippen LogP contribution in [0.4, 0.5) is 28.4 Å². The zero-order valence-corrected chi connectivity index (χ0v) is 36.5. The van der Waals surface area contributed by atoms with Gasteiger partial charge in [0.15, 0.2) is 0 Å². The third-order valence-electron chi connectivity index (χ3n) is 11.0. The van der Waals surface area contributed by atoms with Crippen LogP contribution in [-0.2, 0) is 10.1 Å². The molecule has 0 spiro atoms. The fourth-order valence-corrected chi connectivity index (χ4v) is 9.10. The van der Waals surface area contributed by atoms with Crippen molar-refractivity contribution < 1.29 is 13.0 Å². The molecule has 9 heteroatoms. The van der Waals surface area contributed by atoms with E-state index in [1.807, 2.05) is 12.1 Å². The number of rotatable bonds is 22. The van der Waals surface area contributed by atoms with Crippen LogP contribution in [-0.4, -0.2) is 44.9 Å². The number of unbranched alkanes of at least 4 members (excludes halogenated alkanes) is 1. The van der Waals surface area contributed by atoms with Crippen LogP contribution in [0.1, 0.15) is 82.4 Å².